The zero-order valence-electron chi connectivity index (χ0n) is 22.8. The van der Waals surface area contributed by atoms with Gasteiger partial charge in [0.05, 0.1) is 13.2 Å². The Bertz CT molecular complexity index is 1540. The summed E-state index contributed by atoms with van der Waals surface area (Å²) in [5.41, 5.74) is 2.11. The normalized spacial score (nSPS) is 27.5. The fraction of sp³-hybridized carbons (Fsp3) is 0.367. The van der Waals surface area contributed by atoms with Gasteiger partial charge in [-0.05, 0) is 35.4 Å². The van der Waals surface area contributed by atoms with E-state index in [1.807, 2.05) is 24.3 Å². The number of carbonyl (C=O) groups excluding carboxylic acids is 1. The van der Waals surface area contributed by atoms with Gasteiger partial charge in [-0.2, -0.15) is 13.2 Å². The third kappa shape index (κ3) is 5.27. The number of aliphatic hydroxyl groups excluding tert-OH is 3. The van der Waals surface area contributed by atoms with Gasteiger partial charge in [0, 0.05) is 35.9 Å². The van der Waals surface area contributed by atoms with Crippen molar-refractivity contribution in [3.8, 4) is 17.2 Å². The zero-order chi connectivity index (χ0) is 30.5. The van der Waals surface area contributed by atoms with E-state index in [9.17, 15) is 33.3 Å². The Morgan fingerprint density at radius 2 is 1.74 bits per heavy atom. The number of hydrogen-bond donors (Lipinski definition) is 5. The van der Waals surface area contributed by atoms with Gasteiger partial charge < -0.3 is 44.9 Å². The molecule has 3 aromatic carbocycles. The van der Waals surface area contributed by atoms with Crippen LogP contribution < -0.4 is 20.1 Å². The molecule has 10 nitrogen and oxygen atoms in total. The molecule has 228 valence electrons. The first kappa shape index (κ1) is 29.2. The van der Waals surface area contributed by atoms with Crippen molar-refractivity contribution in [3.63, 3.8) is 0 Å². The first-order valence-electron chi connectivity index (χ1n) is 13.6. The van der Waals surface area contributed by atoms with Gasteiger partial charge in [-0.15, -0.1) is 0 Å². The number of fused-ring (bicyclic) bond motifs is 6. The average molecular weight is 603 g/mol. The largest absolute Gasteiger partial charge is 0.462 e. The summed E-state index contributed by atoms with van der Waals surface area (Å²) in [6, 6.07) is 16.1. The number of aliphatic hydroxyl groups is 3. The molecule has 1 saturated heterocycles. The topological polar surface area (TPSA) is 139 Å². The molecular weight excluding hydrogens is 573 g/mol. The van der Waals surface area contributed by atoms with Crippen molar-refractivity contribution >= 4 is 11.6 Å². The fourth-order valence-electron chi connectivity index (χ4n) is 5.83. The van der Waals surface area contributed by atoms with Crippen LogP contribution in [-0.2, 0) is 26.5 Å². The van der Waals surface area contributed by atoms with Crippen molar-refractivity contribution < 1.29 is 52.2 Å². The van der Waals surface area contributed by atoms with Crippen LogP contribution in [-0.4, -0.2) is 71.2 Å². The van der Waals surface area contributed by atoms with E-state index >= 15 is 0 Å². The zero-order valence-corrected chi connectivity index (χ0v) is 22.8. The SMILES string of the molecule is CC(=O)N[C@H]1[C@H](Oc2ccc3c(c2)Oc2cc(NCC(F)(F)F)ccc2C32OCc3ccccc32)O[C@H](CO)[C@@H](O)[C@@H]1O. The number of rotatable bonds is 6. The van der Waals surface area contributed by atoms with E-state index in [1.165, 1.54) is 13.0 Å². The van der Waals surface area contributed by atoms with Crippen LogP contribution in [0, 0.1) is 0 Å². The predicted octanol–water partition coefficient (Wildman–Crippen LogP) is 2.91. The van der Waals surface area contributed by atoms with E-state index in [0.29, 0.717) is 23.5 Å². The molecule has 0 bridgehead atoms. The number of amides is 1. The first-order valence-corrected chi connectivity index (χ1v) is 13.6. The van der Waals surface area contributed by atoms with Gasteiger partial charge in [0.15, 0.2) is 5.60 Å². The van der Waals surface area contributed by atoms with E-state index in [1.54, 1.807) is 30.3 Å². The highest BCUT2D eigenvalue weighted by Gasteiger charge is 2.50. The Kier molecular flexibility index (Phi) is 7.47. The quantitative estimate of drug-likeness (QED) is 0.288. The molecule has 0 saturated carbocycles. The predicted molar refractivity (Wildman–Crippen MR) is 145 cm³/mol. The van der Waals surface area contributed by atoms with Gasteiger partial charge >= 0.3 is 6.18 Å². The molecule has 1 unspecified atom stereocenters. The molecule has 0 radical (unpaired) electrons. The molecule has 0 aromatic heterocycles. The molecule has 5 N–H and O–H groups in total. The van der Waals surface area contributed by atoms with Crippen LogP contribution in [0.4, 0.5) is 18.9 Å². The molecule has 1 amide bonds. The summed E-state index contributed by atoms with van der Waals surface area (Å²) in [5, 5.41) is 35.5. The Balaban J connectivity index is 1.39. The fourth-order valence-corrected chi connectivity index (χ4v) is 5.83. The second-order valence-corrected chi connectivity index (χ2v) is 10.6. The second-order valence-electron chi connectivity index (χ2n) is 10.6. The lowest BCUT2D eigenvalue weighted by molar-refractivity contribution is -0.244. The molecule has 3 aromatic rings. The number of anilines is 1. The summed E-state index contributed by atoms with van der Waals surface area (Å²) in [6.07, 6.45) is -9.89. The molecular formula is C30H29F3N2O8. The highest BCUT2D eigenvalue weighted by Crippen LogP contribution is 2.57. The van der Waals surface area contributed by atoms with Crippen LogP contribution in [0.25, 0.3) is 0 Å². The molecule has 1 fully saturated rings. The van der Waals surface area contributed by atoms with Gasteiger partial charge in [-0.3, -0.25) is 4.79 Å². The third-order valence-electron chi connectivity index (χ3n) is 7.75. The number of benzene rings is 3. The van der Waals surface area contributed by atoms with E-state index in [0.717, 1.165) is 11.1 Å². The molecule has 3 aliphatic rings. The first-order chi connectivity index (χ1) is 20.5. The maximum Gasteiger partial charge on any atom is 0.405 e. The van der Waals surface area contributed by atoms with Gasteiger partial charge in [0.1, 0.15) is 48.1 Å². The number of alkyl halides is 3. The lowest BCUT2D eigenvalue weighted by Gasteiger charge is -2.42. The summed E-state index contributed by atoms with van der Waals surface area (Å²) >= 11 is 0. The Morgan fingerprint density at radius 1 is 1.02 bits per heavy atom. The molecule has 3 aliphatic heterocycles. The number of halogens is 3. The molecule has 1 spiro atoms. The Hall–Kier alpha value is -3.88. The van der Waals surface area contributed by atoms with E-state index < -0.39 is 61.5 Å². The van der Waals surface area contributed by atoms with E-state index in [2.05, 4.69) is 10.6 Å². The average Bonchev–Trinajstić information content (AvgIpc) is 3.35. The lowest BCUT2D eigenvalue weighted by Crippen LogP contribution is -2.65. The van der Waals surface area contributed by atoms with Crippen molar-refractivity contribution in [3.05, 3.63) is 82.9 Å². The Morgan fingerprint density at radius 3 is 2.47 bits per heavy atom. The summed E-state index contributed by atoms with van der Waals surface area (Å²) in [7, 11) is 0. The summed E-state index contributed by atoms with van der Waals surface area (Å²) in [5.74, 6) is 0.254. The van der Waals surface area contributed by atoms with E-state index in [4.69, 9.17) is 18.9 Å². The van der Waals surface area contributed by atoms with Crippen molar-refractivity contribution in [2.45, 2.75) is 56.0 Å². The number of ether oxygens (including phenoxy) is 4. The van der Waals surface area contributed by atoms with Crippen LogP contribution in [0.2, 0.25) is 0 Å². The van der Waals surface area contributed by atoms with Gasteiger partial charge in [-0.1, -0.05) is 24.3 Å². The smallest absolute Gasteiger partial charge is 0.405 e. The number of hydrogen-bond acceptors (Lipinski definition) is 9. The lowest BCUT2D eigenvalue weighted by atomic mass is 9.77. The third-order valence-corrected chi connectivity index (χ3v) is 7.75. The van der Waals surface area contributed by atoms with Crippen LogP contribution >= 0.6 is 0 Å². The monoisotopic (exact) mass is 602 g/mol. The van der Waals surface area contributed by atoms with Crippen molar-refractivity contribution in [2.24, 2.45) is 0 Å². The maximum atomic E-state index is 12.9. The highest BCUT2D eigenvalue weighted by atomic mass is 19.4. The van der Waals surface area contributed by atoms with Crippen molar-refractivity contribution in [2.75, 3.05) is 18.5 Å². The van der Waals surface area contributed by atoms with Gasteiger partial charge in [0.25, 0.3) is 0 Å². The Labute approximate surface area is 244 Å². The number of nitrogens with one attached hydrogen (secondary N) is 2. The molecule has 43 heavy (non-hydrogen) atoms. The molecule has 6 rings (SSSR count). The molecule has 13 heteroatoms. The summed E-state index contributed by atoms with van der Waals surface area (Å²) < 4.78 is 63.1. The minimum Gasteiger partial charge on any atom is -0.462 e. The van der Waals surface area contributed by atoms with Gasteiger partial charge in [0.2, 0.25) is 12.2 Å². The van der Waals surface area contributed by atoms with Gasteiger partial charge in [-0.25, -0.2) is 0 Å². The molecule has 0 aliphatic carbocycles. The van der Waals surface area contributed by atoms with Crippen LogP contribution in [0.1, 0.15) is 29.2 Å². The highest BCUT2D eigenvalue weighted by molar-refractivity contribution is 5.73. The standard InChI is InChI=1S/C30H29F3N2O8/c1-15(37)35-25-27(39)26(38)24(12-36)43-28(25)41-18-7-9-21-23(11-18)42-22-10-17(34-14-29(31,32)33)6-8-20(22)30(21)19-5-3-2-4-16(19)13-40-30/h2-11,24-28,34,36,38-39H,12-14H2,1H3,(H,35,37)/t24-,25-,26-,27-,28-,30?/m1/s1. The van der Waals surface area contributed by atoms with Crippen molar-refractivity contribution in [1.29, 1.82) is 0 Å². The summed E-state index contributed by atoms with van der Waals surface area (Å²) in [4.78, 5) is 11.8. The molecule has 6 atom stereocenters. The summed E-state index contributed by atoms with van der Waals surface area (Å²) in [6.45, 7) is -0.316. The van der Waals surface area contributed by atoms with Crippen molar-refractivity contribution in [1.82, 2.24) is 5.32 Å². The van der Waals surface area contributed by atoms with Crippen LogP contribution in [0.15, 0.2) is 60.7 Å². The van der Waals surface area contributed by atoms with Crippen LogP contribution in [0.3, 0.4) is 0 Å². The minimum absolute atomic E-state index is 0.190. The number of carbonyl (C=O) groups is 1. The van der Waals surface area contributed by atoms with E-state index in [-0.39, 0.29) is 17.2 Å². The molecule has 3 heterocycles. The second kappa shape index (κ2) is 11.0. The minimum atomic E-state index is -4.42. The maximum absolute atomic E-state index is 12.9. The van der Waals surface area contributed by atoms with Crippen LogP contribution in [0.5, 0.6) is 17.2 Å².